The van der Waals surface area contributed by atoms with Gasteiger partial charge in [0.2, 0.25) is 57.1 Å². The number of halogens is 2. The minimum absolute atomic E-state index is 0.0242. The van der Waals surface area contributed by atoms with Crippen LogP contribution in [0.2, 0.25) is 0 Å². The highest BCUT2D eigenvalue weighted by atomic mass is 35.5. The Labute approximate surface area is 719 Å². The number of nitrogens with two attached hydrogens (primary N) is 2. The minimum atomic E-state index is -4.07. The standard InChI is InChI=1S/C82H125Cl2N11O26S/c1-7-8-9-10-23-116-43-14-16-44(17-15-43)122(114,115)89-22-21-88-34-47-53(98)31-46-61(70(47)103)45-25-38(11-18-52(45)97)62-77(108)95-66(80(111)93-64(46)81(112)113)68(101)40-13-20-55(49(84)27-40)119-57-29-41-28-56(72(57)120-58-30-42(35-96)69(102)71(104)73(58)121-60-33-82(5,86)74(105)37(4)117-60)118-54-19-12-39(26-48(54)83)67(100)65(94-75(106)50(87-6)24-36(2)3)79(110)90-51(32-59(85)99)76(107)91-63(41)78(109)92-62/h14-17,28-29,36-40,42,45-55,58,60-71,73-74,87-89,96-98,100-105H,7-13,18-27,30-35,86H2,1-6H3,(H2,85,99)(H,90,110)(H,91,107)(H,92,109)(H,93,111)(H,94,106)(H,95,108)(H,112,113)/t37-,38-,39-,40-,42+,45?,46?,47?,48+,49-,50+,51-,52+,53-,54+,55+,58+,60-,61?,62+,63+,64-,65+,66-,67+,68+,69+,70?,71-,73-,74+,82-/m0/s1. The molecule has 2 aromatic carbocycles. The zero-order valence-corrected chi connectivity index (χ0v) is 71.9. The molecular formula is C82H125Cl2N11O26S. The lowest BCUT2D eigenvalue weighted by Crippen LogP contribution is -2.66. The molecule has 0 radical (unpaired) electrons. The van der Waals surface area contributed by atoms with E-state index in [0.717, 1.165) is 25.7 Å². The normalized spacial score (nSPS) is 38.2. The van der Waals surface area contributed by atoms with Crippen molar-refractivity contribution in [2.45, 2.75) is 299 Å². The molecule has 0 spiro atoms. The average Bonchev–Trinajstić information content (AvgIpc) is 0.755. The maximum atomic E-state index is 16.5. The van der Waals surface area contributed by atoms with Gasteiger partial charge in [0, 0.05) is 50.0 Å². The number of hydrogen-bond acceptors (Lipinski definition) is 28. The first kappa shape index (κ1) is 96.0. The van der Waals surface area contributed by atoms with Crippen molar-refractivity contribution in [3.63, 3.8) is 0 Å². The van der Waals surface area contributed by atoms with Gasteiger partial charge in [0.25, 0.3) is 0 Å². The molecule has 13 rings (SSSR count). The molecule has 11 bridgehead atoms. The summed E-state index contributed by atoms with van der Waals surface area (Å²) in [4.78, 5) is 120. The Hall–Kier alpha value is -6.67. The first-order chi connectivity index (χ1) is 57.8. The molecule has 23 N–H and O–H groups in total. The number of aliphatic hydroxyl groups is 9. The van der Waals surface area contributed by atoms with Crippen LogP contribution in [-0.2, 0) is 57.9 Å². The number of rotatable bonds is 26. The van der Waals surface area contributed by atoms with Crippen LogP contribution in [0.1, 0.15) is 162 Å². The van der Waals surface area contributed by atoms with E-state index in [0.29, 0.717) is 12.4 Å². The lowest BCUT2D eigenvalue weighted by atomic mass is 9.58. The van der Waals surface area contributed by atoms with Gasteiger partial charge in [-0.1, -0.05) is 40.0 Å². The van der Waals surface area contributed by atoms with E-state index in [1.807, 2.05) is 13.8 Å². The molecule has 2 aromatic rings. The molecule has 0 aromatic heterocycles. The monoisotopic (exact) mass is 1780 g/mol. The largest absolute Gasteiger partial charge is 0.494 e. The summed E-state index contributed by atoms with van der Waals surface area (Å²) in [5.41, 5.74) is 10.9. The average molecular weight is 1780 g/mol. The van der Waals surface area contributed by atoms with Gasteiger partial charge >= 0.3 is 5.97 Å². The second kappa shape index (κ2) is 41.8. The molecule has 684 valence electrons. The molecule has 7 amide bonds. The number of alkyl halides is 2. The van der Waals surface area contributed by atoms with Gasteiger partial charge < -0.3 is 133 Å². The van der Waals surface area contributed by atoms with Gasteiger partial charge in [-0.15, -0.1) is 23.2 Å². The van der Waals surface area contributed by atoms with E-state index >= 15 is 24.0 Å². The molecular weight excluding hydrogens is 1660 g/mol. The van der Waals surface area contributed by atoms with Crippen molar-refractivity contribution in [2.75, 3.05) is 39.9 Å². The van der Waals surface area contributed by atoms with Crippen molar-refractivity contribution in [2.24, 2.45) is 64.7 Å². The van der Waals surface area contributed by atoms with Crippen LogP contribution in [0.5, 0.6) is 23.0 Å². The van der Waals surface area contributed by atoms with Crippen molar-refractivity contribution in [1.29, 1.82) is 0 Å². The molecule has 6 heterocycles. The number of primary amides is 1. The van der Waals surface area contributed by atoms with Crippen LogP contribution in [0.4, 0.5) is 0 Å². The second-order valence-electron chi connectivity index (χ2n) is 35.6. The highest BCUT2D eigenvalue weighted by molar-refractivity contribution is 7.89. The fourth-order valence-electron chi connectivity index (χ4n) is 19.5. The molecule has 5 saturated carbocycles. The zero-order valence-electron chi connectivity index (χ0n) is 69.5. The summed E-state index contributed by atoms with van der Waals surface area (Å²) >= 11 is 14.9. The Balaban J connectivity index is 1.01. The van der Waals surface area contributed by atoms with Gasteiger partial charge in [0.1, 0.15) is 72.5 Å². The first-order valence-corrected chi connectivity index (χ1v) is 45.2. The van der Waals surface area contributed by atoms with Crippen LogP contribution in [0.3, 0.4) is 0 Å². The van der Waals surface area contributed by atoms with E-state index in [2.05, 4.69) is 54.2 Å². The van der Waals surface area contributed by atoms with Gasteiger partial charge in [0.05, 0.1) is 83.6 Å². The molecule has 2 saturated heterocycles. The van der Waals surface area contributed by atoms with Crippen molar-refractivity contribution in [3.05, 3.63) is 42.0 Å². The number of unbranched alkanes of at least 4 members (excludes halogenated alkanes) is 3. The van der Waals surface area contributed by atoms with Crippen molar-refractivity contribution in [3.8, 4) is 23.0 Å². The molecule has 6 aliphatic heterocycles. The van der Waals surface area contributed by atoms with Gasteiger partial charge in [-0.3, -0.25) is 33.6 Å². The summed E-state index contributed by atoms with van der Waals surface area (Å²) < 4.78 is 69.2. The summed E-state index contributed by atoms with van der Waals surface area (Å²) in [5.74, 6) is -19.9. The molecule has 37 nitrogen and oxygen atoms in total. The summed E-state index contributed by atoms with van der Waals surface area (Å²) in [6, 6.07) is -4.66. The van der Waals surface area contributed by atoms with Gasteiger partial charge in [-0.2, -0.15) is 0 Å². The predicted octanol–water partition coefficient (Wildman–Crippen LogP) is -1.71. The number of carbonyl (C=O) groups excluding carboxylic acids is 7. The Bertz CT molecular complexity index is 4070. The summed E-state index contributed by atoms with van der Waals surface area (Å²) in [6.45, 7) is 8.22. The molecule has 7 fully saturated rings. The zero-order chi connectivity index (χ0) is 88.7. The van der Waals surface area contributed by atoms with E-state index in [1.165, 1.54) is 31.3 Å². The van der Waals surface area contributed by atoms with Crippen LogP contribution in [0.15, 0.2) is 41.3 Å². The van der Waals surface area contributed by atoms with E-state index in [1.54, 1.807) is 26.0 Å². The minimum Gasteiger partial charge on any atom is -0.494 e. The summed E-state index contributed by atoms with van der Waals surface area (Å²) in [5, 5.41) is 140. The lowest BCUT2D eigenvalue weighted by molar-refractivity contribution is -0.286. The van der Waals surface area contributed by atoms with E-state index in [4.69, 9.17) is 63.1 Å². The van der Waals surface area contributed by atoms with Gasteiger partial charge in [-0.05, 0) is 188 Å². The second-order valence-corrected chi connectivity index (χ2v) is 38.5. The van der Waals surface area contributed by atoms with Crippen molar-refractivity contribution < 1.29 is 126 Å². The SMILES string of the molecule is CCCCCCOc1ccc(S(=O)(=O)NCCNCC2C(O)C3C4C[C@H](CC[C@H]4O)[C@H]4NC(=O)[C@@H]5NC(=O)[C@H](CC(N)=O)NC(=O)[C@H](NC(=O)[C@@H](CC(C)C)NC)[C@H](O)[C@H]6CC[C@@H](Oc7cc5cc(c7O[C@@H]5C[C@H](CO)[C@@H](O)[C@H](O)[C@H]5O[C@H]5C[C@](C)(N)[C@H](O)[C@H](C)O5)O[C@@H]5CC[C@@H](C[C@@H]5Cl)[C@@H](O)[C@H](NC4=O)C(=O)N[C@H](C(=O)O)C3C[C@@H]2O)[C@H](Cl)C6)cc1. The Morgan fingerprint density at radius 1 is 0.713 bits per heavy atom. The highest BCUT2D eigenvalue weighted by Crippen LogP contribution is 2.51. The third kappa shape index (κ3) is 22.6. The Kier molecular flexibility index (Phi) is 32.9. The molecule has 5 aliphatic carbocycles. The van der Waals surface area contributed by atoms with Crippen LogP contribution >= 0.6 is 23.2 Å². The number of sulfonamides is 1. The Morgan fingerprint density at radius 3 is 1.96 bits per heavy atom. The number of hydrogen-bond donors (Lipinski definition) is 21. The van der Waals surface area contributed by atoms with Gasteiger partial charge in [0.15, 0.2) is 17.8 Å². The van der Waals surface area contributed by atoms with Crippen LogP contribution in [0, 0.1) is 53.3 Å². The van der Waals surface area contributed by atoms with E-state index in [-0.39, 0.29) is 130 Å². The smallest absolute Gasteiger partial charge is 0.326 e. The number of aliphatic carboxylic acids is 1. The summed E-state index contributed by atoms with van der Waals surface area (Å²) in [7, 11) is -2.55. The van der Waals surface area contributed by atoms with Crippen molar-refractivity contribution >= 4 is 80.5 Å². The van der Waals surface area contributed by atoms with Crippen LogP contribution < -0.4 is 77.7 Å². The maximum absolute atomic E-state index is 16.5. The fourth-order valence-corrected chi connectivity index (χ4v) is 21.4. The first-order valence-electron chi connectivity index (χ1n) is 42.9. The number of ether oxygens (including phenoxy) is 6. The van der Waals surface area contributed by atoms with Crippen LogP contribution in [-0.4, -0.2) is 285 Å². The highest BCUT2D eigenvalue weighted by Gasteiger charge is 2.57. The number of carbonyl (C=O) groups is 8. The number of likely N-dealkylation sites (N-methyl/N-ethyl adjacent to an activating group) is 1. The van der Waals surface area contributed by atoms with E-state index < -0.39 is 268 Å². The number of aliphatic hydroxyl groups excluding tert-OH is 9. The predicted molar refractivity (Wildman–Crippen MR) is 438 cm³/mol. The Morgan fingerprint density at radius 2 is 1.35 bits per heavy atom. The van der Waals surface area contributed by atoms with E-state index in [9.17, 15) is 73.9 Å². The van der Waals surface area contributed by atoms with Gasteiger partial charge in [-0.25, -0.2) is 17.9 Å². The quantitative estimate of drug-likeness (QED) is 0.0368. The number of carboxylic acid groups (broad SMARTS) is 1. The number of carboxylic acids is 1. The number of fused-ring (bicyclic) bond motifs is 15. The molecule has 122 heavy (non-hydrogen) atoms. The van der Waals surface area contributed by atoms with Crippen LogP contribution in [0.25, 0.3) is 0 Å². The summed E-state index contributed by atoms with van der Waals surface area (Å²) in [6.07, 6.45) is -19.5. The fraction of sp³-hybridized carbons (Fsp3) is 0.756. The molecule has 32 atom stereocenters. The molecule has 40 heteroatoms. The number of benzene rings is 2. The lowest BCUT2D eigenvalue weighted by Gasteiger charge is -2.51. The number of amides is 7. The molecule has 11 aliphatic rings. The third-order valence-corrected chi connectivity index (χ3v) is 28.7. The third-order valence-electron chi connectivity index (χ3n) is 26.3. The topological polar surface area (TPSA) is 589 Å². The maximum Gasteiger partial charge on any atom is 0.326 e. The van der Waals surface area contributed by atoms with Crippen molar-refractivity contribution in [1.82, 2.24) is 47.3 Å². The molecule has 5 unspecified atom stereocenters. The number of nitrogens with one attached hydrogen (secondary N) is 9.